The Morgan fingerprint density at radius 2 is 2.28 bits per heavy atom. The lowest BCUT2D eigenvalue weighted by molar-refractivity contribution is 0.315. The van der Waals surface area contributed by atoms with Crippen LogP contribution in [0.25, 0.3) is 10.2 Å². The Morgan fingerprint density at radius 1 is 1.39 bits per heavy atom. The summed E-state index contributed by atoms with van der Waals surface area (Å²) in [4.78, 5) is 7.21. The summed E-state index contributed by atoms with van der Waals surface area (Å²) >= 11 is 7.63. The molecule has 0 saturated carbocycles. The smallest absolute Gasteiger partial charge is 0.108 e. The quantitative estimate of drug-likeness (QED) is 0.793. The standard InChI is InChI=1S/C14H17ClN2S/c15-7-5-11-6-8-17(9-11)10-14-16-12-3-1-2-4-13(12)18-14/h1-4,11H,5-10H2. The monoisotopic (exact) mass is 280 g/mol. The molecule has 1 aliphatic rings. The first-order valence-electron chi connectivity index (χ1n) is 6.48. The molecule has 2 nitrogen and oxygen atoms in total. The molecule has 96 valence electrons. The fraction of sp³-hybridized carbons (Fsp3) is 0.500. The highest BCUT2D eigenvalue weighted by Gasteiger charge is 2.22. The van der Waals surface area contributed by atoms with Gasteiger partial charge in [-0.05, 0) is 37.4 Å². The van der Waals surface area contributed by atoms with E-state index in [1.165, 1.54) is 29.2 Å². The molecule has 2 aromatic rings. The lowest BCUT2D eigenvalue weighted by Gasteiger charge is -2.13. The summed E-state index contributed by atoms with van der Waals surface area (Å²) in [5.41, 5.74) is 1.13. The number of likely N-dealkylation sites (tertiary alicyclic amines) is 1. The lowest BCUT2D eigenvalue weighted by Crippen LogP contribution is -2.20. The number of para-hydroxylation sites is 1. The van der Waals surface area contributed by atoms with Crippen LogP contribution in [0.2, 0.25) is 0 Å². The minimum Gasteiger partial charge on any atom is -0.296 e. The zero-order valence-electron chi connectivity index (χ0n) is 10.3. The fourth-order valence-electron chi connectivity index (χ4n) is 2.63. The molecule has 0 amide bonds. The van der Waals surface area contributed by atoms with E-state index in [4.69, 9.17) is 16.6 Å². The Bertz CT molecular complexity index is 492. The first-order chi connectivity index (χ1) is 8.85. The van der Waals surface area contributed by atoms with Crippen LogP contribution < -0.4 is 0 Å². The molecule has 0 aliphatic carbocycles. The van der Waals surface area contributed by atoms with Crippen molar-refractivity contribution in [2.45, 2.75) is 19.4 Å². The molecule has 1 saturated heterocycles. The summed E-state index contributed by atoms with van der Waals surface area (Å²) < 4.78 is 1.30. The van der Waals surface area contributed by atoms with Gasteiger partial charge in [-0.3, -0.25) is 4.90 Å². The lowest BCUT2D eigenvalue weighted by atomic mass is 10.1. The molecule has 3 rings (SSSR count). The van der Waals surface area contributed by atoms with Crippen molar-refractivity contribution in [3.05, 3.63) is 29.3 Å². The highest BCUT2D eigenvalue weighted by molar-refractivity contribution is 7.18. The molecule has 0 bridgehead atoms. The Balaban J connectivity index is 1.66. The number of hydrogen-bond acceptors (Lipinski definition) is 3. The molecule has 1 unspecified atom stereocenters. The van der Waals surface area contributed by atoms with Gasteiger partial charge in [-0.1, -0.05) is 12.1 Å². The Morgan fingerprint density at radius 3 is 3.11 bits per heavy atom. The number of benzene rings is 1. The van der Waals surface area contributed by atoms with Gasteiger partial charge in [0.2, 0.25) is 0 Å². The van der Waals surface area contributed by atoms with Crippen LogP contribution in [0.1, 0.15) is 17.8 Å². The van der Waals surface area contributed by atoms with E-state index in [0.717, 1.165) is 30.3 Å². The molecular weight excluding hydrogens is 264 g/mol. The van der Waals surface area contributed by atoms with Gasteiger partial charge < -0.3 is 0 Å². The maximum Gasteiger partial charge on any atom is 0.108 e. The van der Waals surface area contributed by atoms with Crippen LogP contribution in [0.3, 0.4) is 0 Å². The first kappa shape index (κ1) is 12.4. The van der Waals surface area contributed by atoms with E-state index in [9.17, 15) is 0 Å². The zero-order chi connectivity index (χ0) is 12.4. The van der Waals surface area contributed by atoms with Crippen molar-refractivity contribution in [2.24, 2.45) is 5.92 Å². The fourth-order valence-corrected chi connectivity index (χ4v) is 3.94. The van der Waals surface area contributed by atoms with E-state index in [-0.39, 0.29) is 0 Å². The molecule has 1 aromatic carbocycles. The van der Waals surface area contributed by atoms with Gasteiger partial charge in [-0.2, -0.15) is 0 Å². The van der Waals surface area contributed by atoms with Gasteiger partial charge in [-0.25, -0.2) is 4.98 Å². The third kappa shape index (κ3) is 2.68. The molecule has 1 aliphatic heterocycles. The van der Waals surface area contributed by atoms with Crippen molar-refractivity contribution < 1.29 is 0 Å². The normalized spacial score (nSPS) is 20.8. The zero-order valence-corrected chi connectivity index (χ0v) is 11.9. The third-order valence-corrected chi connectivity index (χ3v) is 4.82. The number of aromatic nitrogens is 1. The van der Waals surface area contributed by atoms with Gasteiger partial charge in [0.1, 0.15) is 5.01 Å². The summed E-state index contributed by atoms with van der Waals surface area (Å²) in [7, 11) is 0. The second-order valence-corrected chi connectivity index (χ2v) is 6.44. The van der Waals surface area contributed by atoms with Gasteiger partial charge in [0.05, 0.1) is 16.8 Å². The predicted octanol–water partition coefficient (Wildman–Crippen LogP) is 3.75. The minimum absolute atomic E-state index is 0.789. The summed E-state index contributed by atoms with van der Waals surface area (Å²) in [6, 6.07) is 8.38. The molecule has 0 N–H and O–H groups in total. The number of rotatable bonds is 4. The summed E-state index contributed by atoms with van der Waals surface area (Å²) in [6.45, 7) is 3.37. The van der Waals surface area contributed by atoms with Gasteiger partial charge in [0, 0.05) is 12.4 Å². The third-order valence-electron chi connectivity index (χ3n) is 3.58. The van der Waals surface area contributed by atoms with Crippen molar-refractivity contribution in [2.75, 3.05) is 19.0 Å². The van der Waals surface area contributed by atoms with Crippen molar-refractivity contribution in [1.29, 1.82) is 0 Å². The maximum absolute atomic E-state index is 5.81. The number of nitrogens with zero attached hydrogens (tertiary/aromatic N) is 2. The van der Waals surface area contributed by atoms with E-state index in [1.54, 1.807) is 0 Å². The van der Waals surface area contributed by atoms with Crippen LogP contribution in [0.15, 0.2) is 24.3 Å². The largest absolute Gasteiger partial charge is 0.296 e. The molecule has 1 fully saturated rings. The van der Waals surface area contributed by atoms with Crippen LogP contribution in [0, 0.1) is 5.92 Å². The van der Waals surface area contributed by atoms with Crippen molar-refractivity contribution in [3.63, 3.8) is 0 Å². The molecule has 4 heteroatoms. The SMILES string of the molecule is ClCCC1CCN(Cc2nc3ccccc3s2)C1. The highest BCUT2D eigenvalue weighted by atomic mass is 35.5. The summed E-state index contributed by atoms with van der Waals surface area (Å²) in [5.74, 6) is 1.58. The summed E-state index contributed by atoms with van der Waals surface area (Å²) in [6.07, 6.45) is 2.44. The van der Waals surface area contributed by atoms with Gasteiger partial charge in [0.15, 0.2) is 0 Å². The van der Waals surface area contributed by atoms with E-state index in [0.29, 0.717) is 0 Å². The van der Waals surface area contributed by atoms with Gasteiger partial charge >= 0.3 is 0 Å². The van der Waals surface area contributed by atoms with Gasteiger partial charge in [-0.15, -0.1) is 22.9 Å². The number of fused-ring (bicyclic) bond motifs is 1. The molecule has 18 heavy (non-hydrogen) atoms. The average Bonchev–Trinajstić information content (AvgIpc) is 2.96. The van der Waals surface area contributed by atoms with E-state index in [1.807, 2.05) is 11.3 Å². The molecule has 1 atom stereocenters. The van der Waals surface area contributed by atoms with Crippen molar-refractivity contribution in [1.82, 2.24) is 9.88 Å². The van der Waals surface area contributed by atoms with E-state index >= 15 is 0 Å². The van der Waals surface area contributed by atoms with Crippen LogP contribution >= 0.6 is 22.9 Å². The van der Waals surface area contributed by atoms with E-state index in [2.05, 4.69) is 29.2 Å². The van der Waals surface area contributed by atoms with Crippen LogP contribution in [-0.2, 0) is 6.54 Å². The topological polar surface area (TPSA) is 16.1 Å². The number of hydrogen-bond donors (Lipinski definition) is 0. The maximum atomic E-state index is 5.81. The number of halogens is 1. The molecule has 0 spiro atoms. The number of thiazole rings is 1. The first-order valence-corrected chi connectivity index (χ1v) is 7.83. The Kier molecular flexibility index (Phi) is 3.83. The summed E-state index contributed by atoms with van der Waals surface area (Å²) in [5, 5.41) is 1.24. The van der Waals surface area contributed by atoms with Gasteiger partial charge in [0.25, 0.3) is 0 Å². The molecule has 1 aromatic heterocycles. The minimum atomic E-state index is 0.789. The van der Waals surface area contributed by atoms with E-state index < -0.39 is 0 Å². The average molecular weight is 281 g/mol. The van der Waals surface area contributed by atoms with Crippen LogP contribution in [-0.4, -0.2) is 28.9 Å². The Hall–Kier alpha value is -0.640. The van der Waals surface area contributed by atoms with Crippen molar-refractivity contribution >= 4 is 33.2 Å². The molecule has 0 radical (unpaired) electrons. The Labute approximate surface area is 117 Å². The van der Waals surface area contributed by atoms with Crippen LogP contribution in [0.4, 0.5) is 0 Å². The second-order valence-electron chi connectivity index (χ2n) is 4.94. The predicted molar refractivity (Wildman–Crippen MR) is 78.3 cm³/mol. The second kappa shape index (κ2) is 5.55. The molecular formula is C14H17ClN2S. The highest BCUT2D eigenvalue weighted by Crippen LogP contribution is 2.26. The molecule has 2 heterocycles. The van der Waals surface area contributed by atoms with Crippen molar-refractivity contribution in [3.8, 4) is 0 Å². The van der Waals surface area contributed by atoms with Crippen LogP contribution in [0.5, 0.6) is 0 Å². The number of alkyl halides is 1.